The van der Waals surface area contributed by atoms with E-state index in [1.54, 1.807) is 0 Å². The van der Waals surface area contributed by atoms with Crippen molar-refractivity contribution in [1.82, 2.24) is 0 Å². The maximum Gasteiger partial charge on any atom is 0.310 e. The molecule has 1 aromatic rings. The summed E-state index contributed by atoms with van der Waals surface area (Å²) in [6.07, 6.45) is 12.0. The van der Waals surface area contributed by atoms with Crippen LogP contribution in [0.3, 0.4) is 0 Å². The Bertz CT molecular complexity index is 841. The van der Waals surface area contributed by atoms with Crippen LogP contribution >= 0.6 is 0 Å². The summed E-state index contributed by atoms with van der Waals surface area (Å²) >= 11 is 0. The minimum absolute atomic E-state index is 0.0644. The smallest absolute Gasteiger partial charge is 0.310 e. The van der Waals surface area contributed by atoms with Crippen molar-refractivity contribution in [2.45, 2.75) is 76.7 Å². The first-order chi connectivity index (χ1) is 14.6. The molecule has 3 nitrogen and oxygen atoms in total. The summed E-state index contributed by atoms with van der Waals surface area (Å²) < 4.78 is 6.33. The Hall–Kier alpha value is -1.90. The van der Waals surface area contributed by atoms with Crippen LogP contribution in [0.1, 0.15) is 70.3 Å². The molecule has 0 bridgehead atoms. The molecule has 4 aliphatic rings. The van der Waals surface area contributed by atoms with Gasteiger partial charge in [0.2, 0.25) is 0 Å². The topological polar surface area (TPSA) is 43.4 Å². The molecule has 0 unspecified atom stereocenters. The van der Waals surface area contributed by atoms with E-state index in [4.69, 9.17) is 4.74 Å². The lowest BCUT2D eigenvalue weighted by atomic mass is 9.55. The number of carbonyl (C=O) groups excluding carboxylic acids is 2. The molecule has 160 valence electrons. The van der Waals surface area contributed by atoms with Crippen molar-refractivity contribution in [3.05, 3.63) is 47.5 Å². The highest BCUT2D eigenvalue weighted by atomic mass is 16.6. The van der Waals surface area contributed by atoms with Crippen LogP contribution in [0, 0.1) is 29.6 Å². The summed E-state index contributed by atoms with van der Waals surface area (Å²) in [6, 6.07) is 9.95. The Kier molecular flexibility index (Phi) is 5.33. The van der Waals surface area contributed by atoms with Crippen LogP contribution in [0.5, 0.6) is 0 Å². The van der Waals surface area contributed by atoms with Crippen LogP contribution in [0.4, 0.5) is 0 Å². The highest BCUT2D eigenvalue weighted by Gasteiger charge is 2.57. The van der Waals surface area contributed by atoms with Gasteiger partial charge in [-0.2, -0.15) is 0 Å². The molecule has 3 fully saturated rings. The molecule has 3 saturated carbocycles. The second kappa shape index (κ2) is 7.98. The van der Waals surface area contributed by atoms with Gasteiger partial charge in [-0.15, -0.1) is 0 Å². The standard InChI is InChI=1S/C27H34O3/c1-2-27(30-26(29)16-18-6-4-3-5-7-18)15-14-24-23-10-8-19-17-20(28)9-11-21(19)22(23)12-13-25(24)27/h3-7,17,21-25H,2,8-16H2,1H3/t21-,22+,23+,24-,25-,27+/m0/s1. The third-order valence-corrected chi connectivity index (χ3v) is 8.92. The molecular weight excluding hydrogens is 372 g/mol. The van der Waals surface area contributed by atoms with Crippen LogP contribution in [0.15, 0.2) is 42.0 Å². The van der Waals surface area contributed by atoms with Crippen LogP contribution in [0.2, 0.25) is 0 Å². The lowest BCUT2D eigenvalue weighted by Crippen LogP contribution is -2.47. The van der Waals surface area contributed by atoms with Gasteiger partial charge in [-0.05, 0) is 86.7 Å². The van der Waals surface area contributed by atoms with Gasteiger partial charge in [0.05, 0.1) is 6.42 Å². The van der Waals surface area contributed by atoms with E-state index in [2.05, 4.69) is 6.92 Å². The number of ether oxygens (including phenoxy) is 1. The molecule has 0 aliphatic heterocycles. The number of carbonyl (C=O) groups is 2. The van der Waals surface area contributed by atoms with Gasteiger partial charge >= 0.3 is 5.97 Å². The third kappa shape index (κ3) is 3.44. The van der Waals surface area contributed by atoms with Crippen molar-refractivity contribution in [3.63, 3.8) is 0 Å². The summed E-state index contributed by atoms with van der Waals surface area (Å²) in [4.78, 5) is 24.7. The van der Waals surface area contributed by atoms with Gasteiger partial charge in [-0.3, -0.25) is 9.59 Å². The van der Waals surface area contributed by atoms with Crippen molar-refractivity contribution >= 4 is 11.8 Å². The molecule has 0 spiro atoms. The number of allylic oxidation sites excluding steroid dienone is 1. The molecule has 5 rings (SSSR count). The minimum Gasteiger partial charge on any atom is -0.459 e. The molecule has 0 saturated heterocycles. The number of benzene rings is 1. The fourth-order valence-electron chi connectivity index (χ4n) is 7.62. The van der Waals surface area contributed by atoms with E-state index < -0.39 is 0 Å². The monoisotopic (exact) mass is 406 g/mol. The summed E-state index contributed by atoms with van der Waals surface area (Å²) in [5.41, 5.74) is 2.21. The minimum atomic E-state index is -0.264. The number of hydrogen-bond acceptors (Lipinski definition) is 3. The Labute approximate surface area is 180 Å². The zero-order valence-corrected chi connectivity index (χ0v) is 18.1. The van der Waals surface area contributed by atoms with Crippen molar-refractivity contribution in [1.29, 1.82) is 0 Å². The Morgan fingerprint density at radius 2 is 1.83 bits per heavy atom. The second-order valence-corrected chi connectivity index (χ2v) is 10.1. The van der Waals surface area contributed by atoms with Crippen LogP contribution in [0.25, 0.3) is 0 Å². The Morgan fingerprint density at radius 3 is 2.63 bits per heavy atom. The van der Waals surface area contributed by atoms with Crippen molar-refractivity contribution in [3.8, 4) is 0 Å². The van der Waals surface area contributed by atoms with Gasteiger partial charge in [-0.25, -0.2) is 0 Å². The zero-order chi connectivity index (χ0) is 20.7. The number of ketones is 1. The summed E-state index contributed by atoms with van der Waals surface area (Å²) in [5, 5.41) is 0. The van der Waals surface area contributed by atoms with Gasteiger partial charge in [-0.1, -0.05) is 42.8 Å². The largest absolute Gasteiger partial charge is 0.459 e. The van der Waals surface area contributed by atoms with Crippen molar-refractivity contribution in [2.24, 2.45) is 29.6 Å². The average Bonchev–Trinajstić information content (AvgIpc) is 3.13. The van der Waals surface area contributed by atoms with Crippen molar-refractivity contribution < 1.29 is 14.3 Å². The van der Waals surface area contributed by atoms with E-state index in [0.717, 1.165) is 49.5 Å². The molecule has 0 heterocycles. The first-order valence-electron chi connectivity index (χ1n) is 12.1. The molecule has 0 N–H and O–H groups in total. The van der Waals surface area contributed by atoms with Crippen LogP contribution in [-0.4, -0.2) is 17.4 Å². The molecule has 3 heteroatoms. The molecule has 0 radical (unpaired) electrons. The average molecular weight is 407 g/mol. The molecular formula is C27H34O3. The zero-order valence-electron chi connectivity index (χ0n) is 18.1. The van der Waals surface area contributed by atoms with Crippen LogP contribution < -0.4 is 0 Å². The van der Waals surface area contributed by atoms with Gasteiger partial charge < -0.3 is 4.74 Å². The molecule has 4 aliphatic carbocycles. The number of fused-ring (bicyclic) bond motifs is 5. The maximum absolute atomic E-state index is 12.8. The van der Waals surface area contributed by atoms with E-state index in [1.807, 2.05) is 36.4 Å². The molecule has 0 aromatic heterocycles. The molecule has 6 atom stereocenters. The lowest BCUT2D eigenvalue weighted by Gasteiger charge is -2.51. The van der Waals surface area contributed by atoms with Gasteiger partial charge in [0.25, 0.3) is 0 Å². The highest BCUT2D eigenvalue weighted by molar-refractivity contribution is 5.91. The normalized spacial score (nSPS) is 37.6. The van der Waals surface area contributed by atoms with Gasteiger partial charge in [0.15, 0.2) is 5.78 Å². The molecule has 30 heavy (non-hydrogen) atoms. The molecule has 0 amide bonds. The lowest BCUT2D eigenvalue weighted by molar-refractivity contribution is -0.167. The predicted octanol–water partition coefficient (Wildman–Crippen LogP) is 5.67. The van der Waals surface area contributed by atoms with E-state index in [9.17, 15) is 9.59 Å². The first kappa shape index (κ1) is 20.0. The number of esters is 1. The summed E-state index contributed by atoms with van der Waals surface area (Å²) in [7, 11) is 0. The van der Waals surface area contributed by atoms with E-state index in [1.165, 1.54) is 31.3 Å². The van der Waals surface area contributed by atoms with Gasteiger partial charge in [0.1, 0.15) is 5.60 Å². The maximum atomic E-state index is 12.8. The van der Waals surface area contributed by atoms with Crippen LogP contribution in [-0.2, 0) is 20.7 Å². The molecule has 1 aromatic carbocycles. The predicted molar refractivity (Wildman–Crippen MR) is 117 cm³/mol. The van der Waals surface area contributed by atoms with E-state index in [0.29, 0.717) is 30.0 Å². The second-order valence-electron chi connectivity index (χ2n) is 10.1. The Balaban J connectivity index is 1.31. The van der Waals surface area contributed by atoms with Crippen molar-refractivity contribution in [2.75, 3.05) is 0 Å². The first-order valence-corrected chi connectivity index (χ1v) is 12.1. The fraction of sp³-hybridized carbons (Fsp3) is 0.630. The summed E-state index contributed by atoms with van der Waals surface area (Å²) in [6.45, 7) is 2.21. The fourth-order valence-corrected chi connectivity index (χ4v) is 7.62. The van der Waals surface area contributed by atoms with Gasteiger partial charge in [0, 0.05) is 12.3 Å². The Morgan fingerprint density at radius 1 is 1.00 bits per heavy atom. The van der Waals surface area contributed by atoms with E-state index >= 15 is 0 Å². The highest BCUT2D eigenvalue weighted by Crippen LogP contribution is 2.60. The third-order valence-electron chi connectivity index (χ3n) is 8.92. The number of hydrogen-bond donors (Lipinski definition) is 0. The van der Waals surface area contributed by atoms with E-state index in [-0.39, 0.29) is 11.6 Å². The summed E-state index contributed by atoms with van der Waals surface area (Å²) in [5.74, 6) is 3.61. The number of rotatable bonds is 4. The quantitative estimate of drug-likeness (QED) is 0.605. The SMILES string of the molecule is CC[C@@]1(OC(=O)Cc2ccccc2)CC[C@H]2[C@@H]3CCC4=CC(=O)CC[C@@H]4[C@H]3CC[C@@H]21.